The molecule has 0 heterocycles. The van der Waals surface area contributed by atoms with Crippen molar-refractivity contribution >= 4 is 5.97 Å². The molecule has 1 atom stereocenters. The smallest absolute Gasteiger partial charge is 0.335 e. The first-order chi connectivity index (χ1) is 10.0. The van der Waals surface area contributed by atoms with E-state index in [1.165, 1.54) is 18.4 Å². The van der Waals surface area contributed by atoms with Gasteiger partial charge >= 0.3 is 5.97 Å². The van der Waals surface area contributed by atoms with Crippen LogP contribution in [0.5, 0.6) is 0 Å². The van der Waals surface area contributed by atoms with Crippen molar-refractivity contribution in [1.29, 1.82) is 0 Å². The van der Waals surface area contributed by atoms with Crippen LogP contribution < -0.4 is 0 Å². The fourth-order valence-corrected chi connectivity index (χ4v) is 2.74. The van der Waals surface area contributed by atoms with Gasteiger partial charge in [0.05, 0.1) is 12.2 Å². The minimum absolute atomic E-state index is 0.356. The summed E-state index contributed by atoms with van der Waals surface area (Å²) in [4.78, 5) is 13.5. The van der Waals surface area contributed by atoms with Gasteiger partial charge < -0.3 is 9.84 Å². The molecule has 4 nitrogen and oxygen atoms in total. The standard InChI is InChI=1S/C17H25NO3/c1-12-10-15(17(19)20)6-7-16(12)11-18(8-9-21-3)13(2)14-4-5-14/h6-7,10,13-14H,4-5,8-9,11H2,1-3H3,(H,19,20). The van der Waals surface area contributed by atoms with E-state index in [9.17, 15) is 4.79 Å². The van der Waals surface area contributed by atoms with Gasteiger partial charge in [-0.1, -0.05) is 6.07 Å². The van der Waals surface area contributed by atoms with Gasteiger partial charge in [-0.2, -0.15) is 0 Å². The molecule has 1 unspecified atom stereocenters. The number of aromatic carboxylic acids is 1. The van der Waals surface area contributed by atoms with Crippen LogP contribution in [0.25, 0.3) is 0 Å². The Morgan fingerprint density at radius 3 is 2.71 bits per heavy atom. The molecule has 0 saturated heterocycles. The Balaban J connectivity index is 2.09. The highest BCUT2D eigenvalue weighted by molar-refractivity contribution is 5.87. The number of carbonyl (C=O) groups is 1. The molecule has 0 spiro atoms. The van der Waals surface area contributed by atoms with Gasteiger partial charge in [-0.05, 0) is 55.9 Å². The highest BCUT2D eigenvalue weighted by Crippen LogP contribution is 2.35. The number of carboxylic acids is 1. The van der Waals surface area contributed by atoms with Crippen molar-refractivity contribution in [3.05, 3.63) is 34.9 Å². The van der Waals surface area contributed by atoms with E-state index in [1.54, 1.807) is 19.2 Å². The molecule has 2 rings (SSSR count). The zero-order valence-electron chi connectivity index (χ0n) is 13.1. The average molecular weight is 291 g/mol. The number of carboxylic acid groups (broad SMARTS) is 1. The summed E-state index contributed by atoms with van der Waals surface area (Å²) in [5, 5.41) is 9.04. The summed E-state index contributed by atoms with van der Waals surface area (Å²) in [6, 6.07) is 5.95. The van der Waals surface area contributed by atoms with Crippen molar-refractivity contribution in [1.82, 2.24) is 4.90 Å². The summed E-state index contributed by atoms with van der Waals surface area (Å²) in [5.74, 6) is -0.0623. The average Bonchev–Trinajstić information content (AvgIpc) is 3.28. The Kier molecular flexibility index (Phi) is 5.37. The van der Waals surface area contributed by atoms with Gasteiger partial charge in [0.15, 0.2) is 0 Å². The van der Waals surface area contributed by atoms with Crippen LogP contribution in [0.3, 0.4) is 0 Å². The van der Waals surface area contributed by atoms with Gasteiger partial charge in [0.1, 0.15) is 0 Å². The van der Waals surface area contributed by atoms with Crippen molar-refractivity contribution < 1.29 is 14.6 Å². The first kappa shape index (κ1) is 16.0. The van der Waals surface area contributed by atoms with Crippen molar-refractivity contribution in [2.45, 2.75) is 39.3 Å². The van der Waals surface area contributed by atoms with E-state index in [1.807, 2.05) is 13.0 Å². The fourth-order valence-electron chi connectivity index (χ4n) is 2.74. The first-order valence-corrected chi connectivity index (χ1v) is 7.58. The number of benzene rings is 1. The molecule has 0 bridgehead atoms. The number of methoxy groups -OCH3 is 1. The maximum absolute atomic E-state index is 11.0. The molecule has 1 aliphatic rings. The van der Waals surface area contributed by atoms with Crippen LogP contribution >= 0.6 is 0 Å². The third-order valence-corrected chi connectivity index (χ3v) is 4.43. The van der Waals surface area contributed by atoms with E-state index in [-0.39, 0.29) is 0 Å². The Morgan fingerprint density at radius 1 is 1.48 bits per heavy atom. The molecule has 1 aliphatic carbocycles. The fraction of sp³-hybridized carbons (Fsp3) is 0.588. The monoisotopic (exact) mass is 291 g/mol. The number of hydrogen-bond acceptors (Lipinski definition) is 3. The van der Waals surface area contributed by atoms with E-state index in [2.05, 4.69) is 11.8 Å². The topological polar surface area (TPSA) is 49.8 Å². The van der Waals surface area contributed by atoms with Gasteiger partial charge in [0, 0.05) is 26.2 Å². The summed E-state index contributed by atoms with van der Waals surface area (Å²) >= 11 is 0. The second kappa shape index (κ2) is 7.05. The molecule has 21 heavy (non-hydrogen) atoms. The highest BCUT2D eigenvalue weighted by atomic mass is 16.5. The lowest BCUT2D eigenvalue weighted by Gasteiger charge is -2.29. The predicted molar refractivity (Wildman–Crippen MR) is 82.6 cm³/mol. The predicted octanol–water partition coefficient (Wildman–Crippen LogP) is 2.94. The van der Waals surface area contributed by atoms with Crippen LogP contribution in [0.4, 0.5) is 0 Å². The Hall–Kier alpha value is -1.39. The summed E-state index contributed by atoms with van der Waals surface area (Å²) < 4.78 is 5.22. The second-order valence-corrected chi connectivity index (χ2v) is 5.99. The summed E-state index contributed by atoms with van der Waals surface area (Å²) in [5.41, 5.74) is 2.60. The van der Waals surface area contributed by atoms with Gasteiger partial charge in [0.2, 0.25) is 0 Å². The Labute approximate surface area is 126 Å². The lowest BCUT2D eigenvalue weighted by Crippen LogP contribution is -2.36. The summed E-state index contributed by atoms with van der Waals surface area (Å²) in [6.07, 6.45) is 2.64. The van der Waals surface area contributed by atoms with Crippen LogP contribution in [0.15, 0.2) is 18.2 Å². The molecule has 1 saturated carbocycles. The van der Waals surface area contributed by atoms with E-state index >= 15 is 0 Å². The quantitative estimate of drug-likeness (QED) is 0.800. The largest absolute Gasteiger partial charge is 0.478 e. The van der Waals surface area contributed by atoms with Crippen molar-refractivity contribution in [2.75, 3.05) is 20.3 Å². The molecule has 4 heteroatoms. The van der Waals surface area contributed by atoms with Gasteiger partial charge in [0.25, 0.3) is 0 Å². The van der Waals surface area contributed by atoms with E-state index in [0.29, 0.717) is 11.6 Å². The molecule has 1 fully saturated rings. The van der Waals surface area contributed by atoms with Crippen LogP contribution in [0, 0.1) is 12.8 Å². The summed E-state index contributed by atoms with van der Waals surface area (Å²) in [6.45, 7) is 6.76. The molecule has 1 N–H and O–H groups in total. The van der Waals surface area contributed by atoms with Gasteiger partial charge in [-0.3, -0.25) is 4.90 Å². The number of nitrogens with zero attached hydrogens (tertiary/aromatic N) is 1. The minimum atomic E-state index is -0.868. The van der Waals surface area contributed by atoms with Gasteiger partial charge in [-0.25, -0.2) is 4.79 Å². The van der Waals surface area contributed by atoms with Crippen LogP contribution in [0.1, 0.15) is 41.3 Å². The number of rotatable bonds is 8. The molecule has 1 aromatic carbocycles. The van der Waals surface area contributed by atoms with E-state index in [4.69, 9.17) is 9.84 Å². The van der Waals surface area contributed by atoms with Crippen LogP contribution in [-0.2, 0) is 11.3 Å². The first-order valence-electron chi connectivity index (χ1n) is 7.58. The highest BCUT2D eigenvalue weighted by Gasteiger charge is 2.31. The molecule has 116 valence electrons. The maximum Gasteiger partial charge on any atom is 0.335 e. The third kappa shape index (κ3) is 4.29. The van der Waals surface area contributed by atoms with Crippen molar-refractivity contribution in [2.24, 2.45) is 5.92 Å². The van der Waals surface area contributed by atoms with Crippen LogP contribution in [-0.4, -0.2) is 42.3 Å². The molecular formula is C17H25NO3. The Morgan fingerprint density at radius 2 is 2.19 bits per heavy atom. The maximum atomic E-state index is 11.0. The SMILES string of the molecule is COCCN(Cc1ccc(C(=O)O)cc1C)C(C)C1CC1. The molecule has 0 radical (unpaired) electrons. The molecule has 1 aromatic rings. The number of aryl methyl sites for hydroxylation is 1. The molecular weight excluding hydrogens is 266 g/mol. The lowest BCUT2D eigenvalue weighted by atomic mass is 10.0. The molecule has 0 aliphatic heterocycles. The normalized spacial score (nSPS) is 16.2. The lowest BCUT2D eigenvalue weighted by molar-refractivity contribution is 0.0696. The van der Waals surface area contributed by atoms with E-state index < -0.39 is 5.97 Å². The molecule has 0 amide bonds. The zero-order valence-corrected chi connectivity index (χ0v) is 13.1. The number of ether oxygens (including phenoxy) is 1. The van der Waals surface area contributed by atoms with Crippen LogP contribution in [0.2, 0.25) is 0 Å². The van der Waals surface area contributed by atoms with Crippen molar-refractivity contribution in [3.8, 4) is 0 Å². The summed E-state index contributed by atoms with van der Waals surface area (Å²) in [7, 11) is 1.73. The van der Waals surface area contributed by atoms with Crippen molar-refractivity contribution in [3.63, 3.8) is 0 Å². The zero-order chi connectivity index (χ0) is 15.4. The van der Waals surface area contributed by atoms with Gasteiger partial charge in [-0.15, -0.1) is 0 Å². The second-order valence-electron chi connectivity index (χ2n) is 5.99. The van der Waals surface area contributed by atoms with E-state index in [0.717, 1.165) is 31.2 Å². The number of hydrogen-bond donors (Lipinski definition) is 1. The molecule has 0 aromatic heterocycles. The third-order valence-electron chi connectivity index (χ3n) is 4.43. The minimum Gasteiger partial charge on any atom is -0.478 e. The Bertz CT molecular complexity index is 497.